The van der Waals surface area contributed by atoms with Crippen molar-refractivity contribution in [3.05, 3.63) is 77.2 Å². The lowest BCUT2D eigenvalue weighted by atomic mass is 10.1. The topological polar surface area (TPSA) is 63.9 Å². The monoisotopic (exact) mass is 417 g/mol. The van der Waals surface area contributed by atoms with Crippen LogP contribution in [0.25, 0.3) is 11.3 Å². The molecule has 0 aliphatic rings. The van der Waals surface area contributed by atoms with Crippen LogP contribution < -0.4 is 4.90 Å². The smallest absolute Gasteiger partial charge is 0.258 e. The largest absolute Gasteiger partial charge is 0.272 e. The van der Waals surface area contributed by atoms with Crippen molar-refractivity contribution in [2.24, 2.45) is 0 Å². The first kappa shape index (κ1) is 20.0. The van der Waals surface area contributed by atoms with Gasteiger partial charge in [-0.05, 0) is 44.9 Å². The van der Waals surface area contributed by atoms with Crippen LogP contribution in [-0.4, -0.2) is 25.7 Å². The molecule has 7 heteroatoms. The number of hydrogen-bond acceptors (Lipinski definition) is 5. The third kappa shape index (κ3) is 3.89. The molecular weight excluding hydrogens is 394 g/mol. The SMILES string of the molecule is Cc1ccc(-c2csc(N(C(=O)C(C)n3cncn3)c3cc(C)ccc3C)n2)cc1. The maximum Gasteiger partial charge on any atom is 0.258 e. The van der Waals surface area contributed by atoms with E-state index in [1.165, 1.54) is 23.2 Å². The molecule has 6 nitrogen and oxygen atoms in total. The van der Waals surface area contributed by atoms with Crippen molar-refractivity contribution in [2.75, 3.05) is 4.90 Å². The van der Waals surface area contributed by atoms with Crippen molar-refractivity contribution in [3.8, 4) is 11.3 Å². The van der Waals surface area contributed by atoms with Gasteiger partial charge in [0, 0.05) is 10.9 Å². The van der Waals surface area contributed by atoms with Gasteiger partial charge in [-0.15, -0.1) is 11.3 Å². The molecule has 0 saturated heterocycles. The quantitative estimate of drug-likeness (QED) is 0.445. The Morgan fingerprint density at radius 3 is 2.50 bits per heavy atom. The molecule has 0 fully saturated rings. The lowest BCUT2D eigenvalue weighted by molar-refractivity contribution is -0.120. The van der Waals surface area contributed by atoms with Crippen molar-refractivity contribution in [1.29, 1.82) is 0 Å². The zero-order valence-electron chi connectivity index (χ0n) is 17.4. The van der Waals surface area contributed by atoms with Gasteiger partial charge >= 0.3 is 0 Å². The third-order valence-electron chi connectivity index (χ3n) is 5.05. The van der Waals surface area contributed by atoms with Crippen LogP contribution >= 0.6 is 11.3 Å². The van der Waals surface area contributed by atoms with E-state index in [1.54, 1.807) is 15.9 Å². The number of rotatable bonds is 5. The highest BCUT2D eigenvalue weighted by atomic mass is 32.1. The summed E-state index contributed by atoms with van der Waals surface area (Å²) in [6.45, 7) is 7.90. The van der Waals surface area contributed by atoms with Gasteiger partial charge in [-0.2, -0.15) is 5.10 Å². The number of anilines is 2. The maximum atomic E-state index is 13.6. The molecule has 0 radical (unpaired) electrons. The minimum absolute atomic E-state index is 0.112. The first-order valence-electron chi connectivity index (χ1n) is 9.72. The zero-order chi connectivity index (χ0) is 21.3. The average Bonchev–Trinajstić information content (AvgIpc) is 3.43. The number of thiazole rings is 1. The van der Waals surface area contributed by atoms with E-state index in [4.69, 9.17) is 4.98 Å². The van der Waals surface area contributed by atoms with E-state index in [9.17, 15) is 4.79 Å². The van der Waals surface area contributed by atoms with Crippen LogP contribution in [0.4, 0.5) is 10.8 Å². The molecule has 0 spiro atoms. The molecule has 0 aliphatic heterocycles. The van der Waals surface area contributed by atoms with E-state index < -0.39 is 6.04 Å². The fourth-order valence-electron chi connectivity index (χ4n) is 3.22. The third-order valence-corrected chi connectivity index (χ3v) is 5.87. The summed E-state index contributed by atoms with van der Waals surface area (Å²) in [4.78, 5) is 24.1. The standard InChI is InChI=1S/C23H23N5OS/c1-15-6-9-19(10-7-15)20-12-30-23(26-20)28(21-11-16(2)5-8-17(21)3)22(29)18(4)27-14-24-13-25-27/h5-14,18H,1-4H3. The summed E-state index contributed by atoms with van der Waals surface area (Å²) in [5, 5.41) is 6.78. The molecular formula is C23H23N5OS. The highest BCUT2D eigenvalue weighted by molar-refractivity contribution is 7.14. The summed E-state index contributed by atoms with van der Waals surface area (Å²) in [6, 6.07) is 13.8. The number of carbonyl (C=O) groups is 1. The fraction of sp³-hybridized carbons (Fsp3) is 0.217. The molecule has 4 rings (SSSR count). The van der Waals surface area contributed by atoms with Gasteiger partial charge in [-0.25, -0.2) is 14.6 Å². The molecule has 152 valence electrons. The Kier molecular flexibility index (Phi) is 5.46. The number of benzene rings is 2. The Morgan fingerprint density at radius 1 is 1.07 bits per heavy atom. The van der Waals surface area contributed by atoms with Crippen molar-refractivity contribution < 1.29 is 4.79 Å². The van der Waals surface area contributed by atoms with Crippen molar-refractivity contribution in [3.63, 3.8) is 0 Å². The number of carbonyl (C=O) groups excluding carboxylic acids is 1. The molecule has 4 aromatic rings. The summed E-state index contributed by atoms with van der Waals surface area (Å²) in [5.74, 6) is -0.112. The fourth-order valence-corrected chi connectivity index (χ4v) is 4.07. The number of aryl methyl sites for hydroxylation is 3. The van der Waals surface area contributed by atoms with Gasteiger partial charge in [0.25, 0.3) is 5.91 Å². The first-order chi connectivity index (χ1) is 14.4. The summed E-state index contributed by atoms with van der Waals surface area (Å²) in [6.07, 6.45) is 2.99. The highest BCUT2D eigenvalue weighted by Crippen LogP contribution is 2.36. The molecule has 0 N–H and O–H groups in total. The Hall–Kier alpha value is -3.32. The van der Waals surface area contributed by atoms with Gasteiger partial charge in [0.2, 0.25) is 0 Å². The van der Waals surface area contributed by atoms with Crippen LogP contribution in [0.5, 0.6) is 0 Å². The van der Waals surface area contributed by atoms with Gasteiger partial charge in [0.1, 0.15) is 18.7 Å². The van der Waals surface area contributed by atoms with E-state index in [1.807, 2.05) is 44.4 Å². The van der Waals surface area contributed by atoms with E-state index in [-0.39, 0.29) is 5.91 Å². The van der Waals surface area contributed by atoms with Gasteiger partial charge in [-0.3, -0.25) is 9.69 Å². The van der Waals surface area contributed by atoms with Crippen LogP contribution in [0.15, 0.2) is 60.5 Å². The highest BCUT2D eigenvalue weighted by Gasteiger charge is 2.28. The Labute approximate surface area is 179 Å². The van der Waals surface area contributed by atoms with Gasteiger partial charge in [0.05, 0.1) is 11.4 Å². The number of aromatic nitrogens is 4. The normalized spacial score (nSPS) is 12.0. The summed E-state index contributed by atoms with van der Waals surface area (Å²) >= 11 is 1.46. The molecule has 1 atom stereocenters. The van der Waals surface area contributed by atoms with Gasteiger partial charge < -0.3 is 0 Å². The first-order valence-corrected chi connectivity index (χ1v) is 10.6. The number of amides is 1. The molecule has 2 aromatic carbocycles. The Morgan fingerprint density at radius 2 is 1.80 bits per heavy atom. The molecule has 0 saturated carbocycles. The van der Waals surface area contributed by atoms with E-state index in [0.29, 0.717) is 5.13 Å². The summed E-state index contributed by atoms with van der Waals surface area (Å²) in [7, 11) is 0. The zero-order valence-corrected chi connectivity index (χ0v) is 18.2. The van der Waals surface area contributed by atoms with E-state index in [0.717, 1.165) is 28.1 Å². The Bertz CT molecular complexity index is 1160. The minimum atomic E-state index is -0.515. The van der Waals surface area contributed by atoms with Crippen LogP contribution in [0, 0.1) is 20.8 Å². The van der Waals surface area contributed by atoms with Crippen LogP contribution in [0.3, 0.4) is 0 Å². The minimum Gasteiger partial charge on any atom is -0.272 e. The predicted molar refractivity (Wildman–Crippen MR) is 120 cm³/mol. The number of nitrogens with zero attached hydrogens (tertiary/aromatic N) is 5. The second-order valence-electron chi connectivity index (χ2n) is 7.40. The molecule has 1 amide bonds. The van der Waals surface area contributed by atoms with Crippen molar-refractivity contribution in [2.45, 2.75) is 33.7 Å². The molecule has 30 heavy (non-hydrogen) atoms. The van der Waals surface area contributed by atoms with E-state index in [2.05, 4.69) is 41.3 Å². The molecule has 1 unspecified atom stereocenters. The molecule has 0 aliphatic carbocycles. The molecule has 2 aromatic heterocycles. The van der Waals surface area contributed by atoms with Crippen LogP contribution in [-0.2, 0) is 4.79 Å². The van der Waals surface area contributed by atoms with E-state index >= 15 is 0 Å². The lowest BCUT2D eigenvalue weighted by Gasteiger charge is -2.25. The van der Waals surface area contributed by atoms with Gasteiger partial charge in [0.15, 0.2) is 5.13 Å². The summed E-state index contributed by atoms with van der Waals surface area (Å²) in [5.41, 5.74) is 6.00. The Balaban J connectivity index is 1.79. The second-order valence-corrected chi connectivity index (χ2v) is 8.23. The van der Waals surface area contributed by atoms with Crippen LogP contribution in [0.2, 0.25) is 0 Å². The summed E-state index contributed by atoms with van der Waals surface area (Å²) < 4.78 is 1.56. The van der Waals surface area contributed by atoms with Gasteiger partial charge in [-0.1, -0.05) is 42.0 Å². The lowest BCUT2D eigenvalue weighted by Crippen LogP contribution is -2.33. The predicted octanol–water partition coefficient (Wildman–Crippen LogP) is 5.25. The second kappa shape index (κ2) is 8.20. The van der Waals surface area contributed by atoms with Crippen molar-refractivity contribution in [1.82, 2.24) is 19.7 Å². The average molecular weight is 418 g/mol. The maximum absolute atomic E-state index is 13.6. The van der Waals surface area contributed by atoms with Crippen molar-refractivity contribution >= 4 is 28.1 Å². The van der Waals surface area contributed by atoms with Crippen LogP contribution in [0.1, 0.15) is 29.7 Å². The molecule has 0 bridgehead atoms. The number of hydrogen-bond donors (Lipinski definition) is 0. The molecule has 2 heterocycles.